The van der Waals surface area contributed by atoms with Crippen molar-refractivity contribution in [3.8, 4) is 0 Å². The van der Waals surface area contributed by atoms with Crippen LogP contribution in [0.1, 0.15) is 32.0 Å². The Morgan fingerprint density at radius 2 is 2.00 bits per heavy atom. The van der Waals surface area contributed by atoms with Gasteiger partial charge >= 0.3 is 0 Å². The van der Waals surface area contributed by atoms with Gasteiger partial charge in [0.05, 0.1) is 17.3 Å². The lowest BCUT2D eigenvalue weighted by Gasteiger charge is -2.18. The Kier molecular flexibility index (Phi) is 3.71. The van der Waals surface area contributed by atoms with Crippen LogP contribution in [-0.2, 0) is 12.0 Å². The van der Waals surface area contributed by atoms with Crippen LogP contribution in [0, 0.1) is 0 Å². The van der Waals surface area contributed by atoms with E-state index in [1.807, 2.05) is 0 Å². The van der Waals surface area contributed by atoms with Crippen molar-refractivity contribution in [1.29, 1.82) is 0 Å². The third-order valence-electron chi connectivity index (χ3n) is 2.81. The number of halogens is 1. The van der Waals surface area contributed by atoms with Crippen LogP contribution >= 0.6 is 11.6 Å². The van der Waals surface area contributed by atoms with Gasteiger partial charge in [-0.3, -0.25) is 9.78 Å². The molecule has 0 bridgehead atoms. The normalized spacial score (nSPS) is 11.6. The zero-order valence-electron chi connectivity index (χ0n) is 11.2. The van der Waals surface area contributed by atoms with Crippen LogP contribution in [0.4, 0.5) is 0 Å². The summed E-state index contributed by atoms with van der Waals surface area (Å²) in [4.78, 5) is 15.8. The molecular formula is C14H16ClN3O. The van der Waals surface area contributed by atoms with Gasteiger partial charge in [-0.25, -0.2) is 4.68 Å². The van der Waals surface area contributed by atoms with Gasteiger partial charge in [-0.2, -0.15) is 5.10 Å². The molecule has 0 aliphatic carbocycles. The van der Waals surface area contributed by atoms with Crippen molar-refractivity contribution in [2.45, 2.75) is 32.7 Å². The van der Waals surface area contributed by atoms with Gasteiger partial charge in [0.1, 0.15) is 0 Å². The van der Waals surface area contributed by atoms with Gasteiger partial charge in [0.2, 0.25) is 0 Å². The van der Waals surface area contributed by atoms with Gasteiger partial charge in [-0.1, -0.05) is 32.4 Å². The van der Waals surface area contributed by atoms with Crippen molar-refractivity contribution in [2.75, 3.05) is 0 Å². The van der Waals surface area contributed by atoms with E-state index in [0.717, 1.165) is 11.3 Å². The van der Waals surface area contributed by atoms with Gasteiger partial charge in [-0.15, -0.1) is 0 Å². The number of hydrogen-bond acceptors (Lipinski definition) is 3. The first-order chi connectivity index (χ1) is 8.88. The smallest absolute Gasteiger partial charge is 0.267 e. The Labute approximate surface area is 117 Å². The molecule has 0 fully saturated rings. The van der Waals surface area contributed by atoms with E-state index < -0.39 is 0 Å². The molecule has 0 aromatic carbocycles. The standard InChI is InChI=1S/C14H16ClN3O/c1-14(2,3)12-4-5-13(19)18(17-12)9-10-6-7-16-8-11(10)15/h4-8H,9H2,1-3H3. The minimum atomic E-state index is -0.138. The fourth-order valence-corrected chi connectivity index (χ4v) is 1.83. The number of pyridine rings is 1. The molecule has 0 N–H and O–H groups in total. The summed E-state index contributed by atoms with van der Waals surface area (Å²) in [5.74, 6) is 0. The Balaban J connectivity index is 2.41. The summed E-state index contributed by atoms with van der Waals surface area (Å²) >= 11 is 6.05. The SMILES string of the molecule is CC(C)(C)c1ccc(=O)n(Cc2ccncc2Cl)n1. The molecule has 2 rings (SSSR count). The number of rotatable bonds is 2. The molecule has 0 saturated carbocycles. The molecule has 0 spiro atoms. The van der Waals surface area contributed by atoms with Gasteiger partial charge in [0, 0.05) is 23.9 Å². The van der Waals surface area contributed by atoms with E-state index in [2.05, 4.69) is 30.9 Å². The molecule has 0 amide bonds. The van der Waals surface area contributed by atoms with E-state index in [0.29, 0.717) is 11.6 Å². The summed E-state index contributed by atoms with van der Waals surface area (Å²) in [5.41, 5.74) is 1.47. The summed E-state index contributed by atoms with van der Waals surface area (Å²) in [6, 6.07) is 5.11. The fourth-order valence-electron chi connectivity index (χ4n) is 1.66. The van der Waals surface area contributed by atoms with Gasteiger partial charge in [0.25, 0.3) is 5.56 Å². The molecule has 2 aromatic heterocycles. The largest absolute Gasteiger partial charge is 0.268 e. The predicted octanol–water partition coefficient (Wildman–Crippen LogP) is 2.64. The van der Waals surface area contributed by atoms with Crippen molar-refractivity contribution in [1.82, 2.24) is 14.8 Å². The summed E-state index contributed by atoms with van der Waals surface area (Å²) in [5, 5.41) is 4.94. The second kappa shape index (κ2) is 5.13. The maximum absolute atomic E-state index is 11.9. The lowest BCUT2D eigenvalue weighted by molar-refractivity contribution is 0.517. The van der Waals surface area contributed by atoms with E-state index >= 15 is 0 Å². The van der Waals surface area contributed by atoms with E-state index in [4.69, 9.17) is 11.6 Å². The van der Waals surface area contributed by atoms with Crippen LogP contribution in [0.2, 0.25) is 5.02 Å². The third kappa shape index (κ3) is 3.20. The van der Waals surface area contributed by atoms with E-state index in [1.54, 1.807) is 30.6 Å². The molecule has 19 heavy (non-hydrogen) atoms. The molecular weight excluding hydrogens is 262 g/mol. The molecule has 4 nitrogen and oxygen atoms in total. The van der Waals surface area contributed by atoms with E-state index in [1.165, 1.54) is 4.68 Å². The molecule has 2 heterocycles. The minimum Gasteiger partial charge on any atom is -0.268 e. The van der Waals surface area contributed by atoms with Crippen LogP contribution in [0.25, 0.3) is 0 Å². The quantitative estimate of drug-likeness (QED) is 0.848. The minimum absolute atomic E-state index is 0.0997. The van der Waals surface area contributed by atoms with Crippen molar-refractivity contribution in [3.05, 3.63) is 57.2 Å². The van der Waals surface area contributed by atoms with Crippen molar-refractivity contribution in [3.63, 3.8) is 0 Å². The first-order valence-electron chi connectivity index (χ1n) is 6.05. The van der Waals surface area contributed by atoms with Crippen molar-refractivity contribution in [2.24, 2.45) is 0 Å². The van der Waals surface area contributed by atoms with Gasteiger partial charge < -0.3 is 0 Å². The predicted molar refractivity (Wildman–Crippen MR) is 75.5 cm³/mol. The highest BCUT2D eigenvalue weighted by molar-refractivity contribution is 6.31. The Morgan fingerprint density at radius 3 is 2.63 bits per heavy atom. The highest BCUT2D eigenvalue weighted by Crippen LogP contribution is 2.19. The molecule has 0 aliphatic rings. The first kappa shape index (κ1) is 13.7. The van der Waals surface area contributed by atoms with Crippen LogP contribution < -0.4 is 5.56 Å². The maximum Gasteiger partial charge on any atom is 0.267 e. The third-order valence-corrected chi connectivity index (χ3v) is 3.15. The second-order valence-corrected chi connectivity index (χ2v) is 5.84. The lowest BCUT2D eigenvalue weighted by atomic mass is 9.92. The number of aromatic nitrogens is 3. The maximum atomic E-state index is 11.9. The van der Waals surface area contributed by atoms with Crippen LogP contribution in [0.15, 0.2) is 35.4 Å². The second-order valence-electron chi connectivity index (χ2n) is 5.43. The summed E-state index contributed by atoms with van der Waals surface area (Å²) in [7, 11) is 0. The van der Waals surface area contributed by atoms with Crippen molar-refractivity contribution >= 4 is 11.6 Å². The Bertz CT molecular complexity index is 644. The zero-order chi connectivity index (χ0) is 14.0. The monoisotopic (exact) mass is 277 g/mol. The van der Waals surface area contributed by atoms with Crippen molar-refractivity contribution < 1.29 is 0 Å². The van der Waals surface area contributed by atoms with Crippen LogP contribution in [0.5, 0.6) is 0 Å². The molecule has 100 valence electrons. The molecule has 5 heteroatoms. The number of hydrogen-bond donors (Lipinski definition) is 0. The van der Waals surface area contributed by atoms with E-state index in [-0.39, 0.29) is 11.0 Å². The molecule has 0 saturated heterocycles. The zero-order valence-corrected chi connectivity index (χ0v) is 12.0. The fraction of sp³-hybridized carbons (Fsp3) is 0.357. The van der Waals surface area contributed by atoms with Crippen LogP contribution in [0.3, 0.4) is 0 Å². The van der Waals surface area contributed by atoms with Crippen LogP contribution in [-0.4, -0.2) is 14.8 Å². The molecule has 2 aromatic rings. The van der Waals surface area contributed by atoms with E-state index in [9.17, 15) is 4.79 Å². The topological polar surface area (TPSA) is 47.8 Å². The molecule has 0 unspecified atom stereocenters. The first-order valence-corrected chi connectivity index (χ1v) is 6.43. The molecule has 0 atom stereocenters. The summed E-state index contributed by atoms with van der Waals surface area (Å²) < 4.78 is 1.43. The molecule has 0 radical (unpaired) electrons. The highest BCUT2D eigenvalue weighted by atomic mass is 35.5. The number of nitrogens with zero attached hydrogens (tertiary/aromatic N) is 3. The molecule has 0 aliphatic heterocycles. The Morgan fingerprint density at radius 1 is 1.26 bits per heavy atom. The lowest BCUT2D eigenvalue weighted by Crippen LogP contribution is -2.27. The summed E-state index contributed by atoms with van der Waals surface area (Å²) in [6.07, 6.45) is 3.22. The van der Waals surface area contributed by atoms with Gasteiger partial charge in [-0.05, 0) is 17.7 Å². The average molecular weight is 278 g/mol. The van der Waals surface area contributed by atoms with Gasteiger partial charge in [0.15, 0.2) is 0 Å². The summed E-state index contributed by atoms with van der Waals surface area (Å²) in [6.45, 7) is 6.53. The average Bonchev–Trinajstić information content (AvgIpc) is 2.33. The Hall–Kier alpha value is -1.68. The highest BCUT2D eigenvalue weighted by Gasteiger charge is 2.16.